The quantitative estimate of drug-likeness (QED) is 0.0967. The molecule has 9 heteroatoms. The van der Waals surface area contributed by atoms with Crippen LogP contribution >= 0.6 is 0 Å². The average Bonchev–Trinajstić information content (AvgIpc) is 2.82. The van der Waals surface area contributed by atoms with Gasteiger partial charge < -0.3 is 16.8 Å². The lowest BCUT2D eigenvalue weighted by atomic mass is 10.1. The summed E-state index contributed by atoms with van der Waals surface area (Å²) in [6.07, 6.45) is 1.07. The summed E-state index contributed by atoms with van der Waals surface area (Å²) in [5.41, 5.74) is 15.2. The van der Waals surface area contributed by atoms with Gasteiger partial charge in [0.15, 0.2) is 5.96 Å². The molecule has 0 radical (unpaired) electrons. The summed E-state index contributed by atoms with van der Waals surface area (Å²) < 4.78 is 29.6. The van der Waals surface area contributed by atoms with E-state index in [0.717, 1.165) is 33.2 Å². The van der Waals surface area contributed by atoms with Crippen LogP contribution < -0.4 is 26.1 Å². The smallest absolute Gasteiger partial charge is 0.232 e. The van der Waals surface area contributed by atoms with Gasteiger partial charge >= 0.3 is 0 Å². The zero-order valence-electron chi connectivity index (χ0n) is 19.0. The van der Waals surface area contributed by atoms with Gasteiger partial charge in [-0.15, -0.1) is 0 Å². The largest absolute Gasteiger partial charge is 0.370 e. The number of fused-ring (bicyclic) bond motifs is 2. The van der Waals surface area contributed by atoms with Crippen molar-refractivity contribution in [3.8, 4) is 0 Å². The Morgan fingerprint density at radius 3 is 2.00 bits per heavy atom. The van der Waals surface area contributed by atoms with Crippen molar-refractivity contribution < 1.29 is 13.0 Å². The maximum absolute atomic E-state index is 12.4. The summed E-state index contributed by atoms with van der Waals surface area (Å²) in [6, 6.07) is 23.8. The van der Waals surface area contributed by atoms with Crippen LogP contribution in [-0.4, -0.2) is 26.7 Å². The molecule has 4 aromatic rings. The number of unbranched alkanes of at least 4 members (excludes halogenated alkanes) is 1. The molecule has 176 valence electrons. The molecule has 1 heterocycles. The van der Waals surface area contributed by atoms with Crippen molar-refractivity contribution in [1.82, 2.24) is 0 Å². The highest BCUT2D eigenvalue weighted by molar-refractivity contribution is 7.92. The van der Waals surface area contributed by atoms with Crippen LogP contribution in [0.5, 0.6) is 0 Å². The standard InChI is InChI=1S/C25H28N6O2S/c1-31-22-10-4-2-8-20(22)24(21-9-3-5-11-23(21)31)29-18-12-14-19(15-13-18)30-34(32,33)17-7-6-16-28-25(26)27/h2-5,8-15,30H,6-7,16-17H2,1H3,(H4,26,27,28)/p+1. The minimum atomic E-state index is -3.45. The van der Waals surface area contributed by atoms with Crippen LogP contribution in [0.4, 0.5) is 17.1 Å². The van der Waals surface area contributed by atoms with E-state index in [0.29, 0.717) is 25.1 Å². The molecule has 0 atom stereocenters. The molecule has 0 bridgehead atoms. The summed E-state index contributed by atoms with van der Waals surface area (Å²) in [6.45, 7) is 0.416. The molecule has 0 saturated carbocycles. The van der Waals surface area contributed by atoms with Crippen LogP contribution in [0.25, 0.3) is 21.8 Å². The lowest BCUT2D eigenvalue weighted by Gasteiger charge is -2.13. The van der Waals surface area contributed by atoms with Crippen LogP contribution in [0.3, 0.4) is 0 Å². The number of sulfonamides is 1. The normalized spacial score (nSPS) is 11.4. The Morgan fingerprint density at radius 1 is 0.853 bits per heavy atom. The number of nitrogens with two attached hydrogens (primary N) is 2. The van der Waals surface area contributed by atoms with E-state index in [2.05, 4.69) is 50.9 Å². The SMILES string of the molecule is C[n+]1c2ccccc2c(Nc2ccc(NS(=O)(=O)CCCCN=C(N)N)cc2)c2ccccc21. The number of benzene rings is 3. The van der Waals surface area contributed by atoms with Gasteiger partial charge in [0, 0.05) is 30.1 Å². The number of hydrogen-bond donors (Lipinski definition) is 4. The second-order valence-corrected chi connectivity index (χ2v) is 9.95. The third kappa shape index (κ3) is 5.37. The Labute approximate surface area is 199 Å². The zero-order chi connectivity index (χ0) is 24.1. The molecule has 0 aliphatic rings. The highest BCUT2D eigenvalue weighted by atomic mass is 32.2. The molecule has 1 aromatic heterocycles. The van der Waals surface area contributed by atoms with Crippen molar-refractivity contribution in [2.75, 3.05) is 22.3 Å². The van der Waals surface area contributed by atoms with Gasteiger partial charge in [-0.3, -0.25) is 9.71 Å². The summed E-state index contributed by atoms with van der Waals surface area (Å²) >= 11 is 0. The second kappa shape index (κ2) is 9.96. The number of anilines is 3. The molecule has 34 heavy (non-hydrogen) atoms. The van der Waals surface area contributed by atoms with Crippen molar-refractivity contribution in [3.05, 3.63) is 72.8 Å². The Hall–Kier alpha value is -3.85. The summed E-state index contributed by atoms with van der Waals surface area (Å²) in [7, 11) is -1.39. The maximum atomic E-state index is 12.4. The van der Waals surface area contributed by atoms with E-state index in [1.54, 1.807) is 12.1 Å². The van der Waals surface area contributed by atoms with E-state index < -0.39 is 10.0 Å². The second-order valence-electron chi connectivity index (χ2n) is 8.11. The van der Waals surface area contributed by atoms with Gasteiger partial charge in [0.1, 0.15) is 7.05 Å². The van der Waals surface area contributed by atoms with E-state index in [4.69, 9.17) is 11.5 Å². The number of nitrogens with one attached hydrogen (secondary N) is 2. The molecule has 0 unspecified atom stereocenters. The fourth-order valence-electron chi connectivity index (χ4n) is 3.97. The Balaban J connectivity index is 1.51. The first-order valence-electron chi connectivity index (χ1n) is 11.1. The Bertz CT molecular complexity index is 1390. The number of hydrogen-bond acceptors (Lipinski definition) is 4. The Morgan fingerprint density at radius 2 is 1.41 bits per heavy atom. The first kappa shape index (κ1) is 23.3. The van der Waals surface area contributed by atoms with Gasteiger partial charge in [0.2, 0.25) is 21.1 Å². The van der Waals surface area contributed by atoms with Crippen LogP contribution in [-0.2, 0) is 17.1 Å². The van der Waals surface area contributed by atoms with Gasteiger partial charge in [-0.05, 0) is 49.2 Å². The number of guanidine groups is 1. The average molecular weight is 478 g/mol. The van der Waals surface area contributed by atoms with E-state index in [1.165, 1.54) is 0 Å². The Kier molecular flexibility index (Phi) is 6.83. The number of pyridine rings is 1. The number of nitrogens with zero attached hydrogens (tertiary/aromatic N) is 2. The first-order chi connectivity index (χ1) is 16.3. The molecule has 3 aromatic carbocycles. The fourth-order valence-corrected chi connectivity index (χ4v) is 5.15. The number of para-hydroxylation sites is 2. The van der Waals surface area contributed by atoms with Crippen molar-refractivity contribution in [2.45, 2.75) is 12.8 Å². The monoisotopic (exact) mass is 477 g/mol. The molecule has 4 rings (SSSR count). The third-order valence-electron chi connectivity index (χ3n) is 5.61. The molecular weight excluding hydrogens is 448 g/mol. The van der Waals surface area contributed by atoms with Gasteiger partial charge in [-0.2, -0.15) is 4.57 Å². The van der Waals surface area contributed by atoms with E-state index in [-0.39, 0.29) is 11.7 Å². The van der Waals surface area contributed by atoms with Gasteiger partial charge in [0.25, 0.3) is 0 Å². The molecule has 8 nitrogen and oxygen atoms in total. The van der Waals surface area contributed by atoms with Crippen LogP contribution in [0.15, 0.2) is 77.8 Å². The lowest BCUT2D eigenvalue weighted by molar-refractivity contribution is -0.617. The van der Waals surface area contributed by atoms with Gasteiger partial charge in [0.05, 0.1) is 22.2 Å². The molecule has 0 aliphatic heterocycles. The van der Waals surface area contributed by atoms with Crippen molar-refractivity contribution in [1.29, 1.82) is 0 Å². The van der Waals surface area contributed by atoms with Crippen LogP contribution in [0.2, 0.25) is 0 Å². The lowest BCUT2D eigenvalue weighted by Crippen LogP contribution is -2.30. The summed E-state index contributed by atoms with van der Waals surface area (Å²) in [5, 5.41) is 5.75. The van der Waals surface area contributed by atoms with Crippen molar-refractivity contribution >= 4 is 54.9 Å². The third-order valence-corrected chi connectivity index (χ3v) is 6.99. The van der Waals surface area contributed by atoms with Crippen LogP contribution in [0.1, 0.15) is 12.8 Å². The minimum Gasteiger partial charge on any atom is -0.370 e. The molecule has 0 spiro atoms. The highest BCUT2D eigenvalue weighted by Crippen LogP contribution is 2.32. The van der Waals surface area contributed by atoms with Gasteiger partial charge in [-0.25, -0.2) is 8.42 Å². The molecule has 0 amide bonds. The molecular formula is C25H29N6O2S+. The highest BCUT2D eigenvalue weighted by Gasteiger charge is 2.17. The number of aliphatic imine (C=N–C) groups is 1. The summed E-state index contributed by atoms with van der Waals surface area (Å²) in [5.74, 6) is 0.0199. The molecule has 6 N–H and O–H groups in total. The van der Waals surface area contributed by atoms with E-state index in [1.807, 2.05) is 36.4 Å². The zero-order valence-corrected chi connectivity index (χ0v) is 19.8. The van der Waals surface area contributed by atoms with E-state index >= 15 is 0 Å². The molecule has 0 aliphatic carbocycles. The van der Waals surface area contributed by atoms with Crippen molar-refractivity contribution in [3.63, 3.8) is 0 Å². The molecule has 0 saturated heterocycles. The minimum absolute atomic E-state index is 0.00596. The topological polar surface area (TPSA) is 126 Å². The predicted octanol–water partition coefficient (Wildman–Crippen LogP) is 3.36. The van der Waals surface area contributed by atoms with Crippen LogP contribution in [0, 0.1) is 0 Å². The maximum Gasteiger partial charge on any atom is 0.232 e. The number of aryl methyl sites for hydroxylation is 1. The first-order valence-corrected chi connectivity index (χ1v) is 12.7. The number of aromatic nitrogens is 1. The summed E-state index contributed by atoms with van der Waals surface area (Å²) in [4.78, 5) is 3.86. The predicted molar refractivity (Wildman–Crippen MR) is 140 cm³/mol. The van der Waals surface area contributed by atoms with Crippen molar-refractivity contribution in [2.24, 2.45) is 23.5 Å². The van der Waals surface area contributed by atoms with E-state index in [9.17, 15) is 8.42 Å². The van der Waals surface area contributed by atoms with Gasteiger partial charge in [-0.1, -0.05) is 24.3 Å². The fraction of sp³-hybridized carbons (Fsp3) is 0.200. The molecule has 0 fully saturated rings. The number of rotatable bonds is 9.